The molecule has 0 spiro atoms. The number of aryl methyl sites for hydroxylation is 1. The highest BCUT2D eigenvalue weighted by molar-refractivity contribution is 6.39. The minimum absolute atomic E-state index is 0.0470. The van der Waals surface area contributed by atoms with Crippen molar-refractivity contribution in [3.8, 4) is 5.69 Å². The number of urea groups is 1. The van der Waals surface area contributed by atoms with Gasteiger partial charge in [0.15, 0.2) is 0 Å². The third kappa shape index (κ3) is 3.12. The highest BCUT2D eigenvalue weighted by atomic mass is 16.2. The van der Waals surface area contributed by atoms with E-state index in [0.717, 1.165) is 32.4 Å². The zero-order chi connectivity index (χ0) is 21.4. The molecule has 0 bridgehead atoms. The first-order chi connectivity index (χ1) is 14.4. The van der Waals surface area contributed by atoms with E-state index >= 15 is 0 Å². The van der Waals surface area contributed by atoms with E-state index in [1.54, 1.807) is 36.4 Å². The smallest absolute Gasteiger partial charge is 0.318 e. The molecule has 0 aliphatic carbocycles. The van der Waals surface area contributed by atoms with Gasteiger partial charge in [-0.2, -0.15) is 0 Å². The second-order valence-electron chi connectivity index (χ2n) is 7.18. The van der Waals surface area contributed by atoms with Crippen molar-refractivity contribution in [1.82, 2.24) is 9.47 Å². The summed E-state index contributed by atoms with van der Waals surface area (Å²) in [6, 6.07) is 19.7. The van der Waals surface area contributed by atoms with Crippen molar-refractivity contribution in [2.24, 2.45) is 0 Å². The topological polar surface area (TPSA) is 62.6 Å². The fourth-order valence-electron chi connectivity index (χ4n) is 3.71. The Morgan fingerprint density at radius 2 is 1.33 bits per heavy atom. The van der Waals surface area contributed by atoms with Crippen LogP contribution in [0.3, 0.4) is 0 Å². The lowest BCUT2D eigenvalue weighted by atomic mass is 10.1. The van der Waals surface area contributed by atoms with E-state index in [1.807, 2.05) is 50.2 Å². The maximum Gasteiger partial charge on any atom is 0.338 e. The maximum atomic E-state index is 13.2. The predicted octanol–water partition coefficient (Wildman–Crippen LogP) is 4.10. The molecule has 1 aromatic heterocycles. The van der Waals surface area contributed by atoms with Crippen molar-refractivity contribution < 1.29 is 14.4 Å². The first-order valence-electron chi connectivity index (χ1n) is 9.57. The Kier molecular flexibility index (Phi) is 4.83. The molecule has 2 aromatic carbocycles. The average molecular weight is 399 g/mol. The number of barbiturate groups is 1. The van der Waals surface area contributed by atoms with Gasteiger partial charge in [-0.05, 0) is 55.8 Å². The summed E-state index contributed by atoms with van der Waals surface area (Å²) in [7, 11) is 1.38. The minimum atomic E-state index is -0.664. The van der Waals surface area contributed by atoms with Crippen LogP contribution in [-0.4, -0.2) is 34.4 Å². The van der Waals surface area contributed by atoms with Gasteiger partial charge in [0.2, 0.25) is 0 Å². The van der Waals surface area contributed by atoms with Crippen LogP contribution >= 0.6 is 0 Å². The summed E-state index contributed by atoms with van der Waals surface area (Å²) in [6.45, 7) is 3.91. The van der Waals surface area contributed by atoms with Gasteiger partial charge < -0.3 is 4.57 Å². The van der Waals surface area contributed by atoms with E-state index in [4.69, 9.17) is 0 Å². The molecule has 0 unspecified atom stereocenters. The molecule has 3 aromatic rings. The van der Waals surface area contributed by atoms with E-state index in [0.29, 0.717) is 5.69 Å². The highest BCUT2D eigenvalue weighted by Gasteiger charge is 2.41. The van der Waals surface area contributed by atoms with E-state index in [-0.39, 0.29) is 5.57 Å². The summed E-state index contributed by atoms with van der Waals surface area (Å²) in [5, 5.41) is 0. The number of imide groups is 2. The fourth-order valence-corrected chi connectivity index (χ4v) is 3.71. The van der Waals surface area contributed by atoms with Gasteiger partial charge in [0.05, 0.1) is 5.69 Å². The Morgan fingerprint density at radius 3 is 1.93 bits per heavy atom. The van der Waals surface area contributed by atoms with Crippen molar-refractivity contribution in [3.05, 3.63) is 89.3 Å². The molecule has 4 amide bonds. The van der Waals surface area contributed by atoms with Crippen LogP contribution in [0.2, 0.25) is 0 Å². The van der Waals surface area contributed by atoms with Crippen molar-refractivity contribution in [3.63, 3.8) is 0 Å². The molecule has 1 fully saturated rings. The number of nitrogens with zero attached hydrogens (tertiary/aromatic N) is 3. The van der Waals surface area contributed by atoms with Gasteiger partial charge in [-0.25, -0.2) is 9.69 Å². The Hall–Kier alpha value is -3.93. The van der Waals surface area contributed by atoms with E-state index < -0.39 is 17.8 Å². The fraction of sp³-hybridized carbons (Fsp3) is 0.125. The number of para-hydroxylation sites is 2. The average Bonchev–Trinajstić information content (AvgIpc) is 3.04. The summed E-state index contributed by atoms with van der Waals surface area (Å²) >= 11 is 0. The lowest BCUT2D eigenvalue weighted by Gasteiger charge is -2.31. The summed E-state index contributed by atoms with van der Waals surface area (Å²) in [5.41, 5.74) is 4.01. The molecule has 1 saturated heterocycles. The molecule has 6 heteroatoms. The van der Waals surface area contributed by atoms with Gasteiger partial charge in [0, 0.05) is 24.1 Å². The zero-order valence-electron chi connectivity index (χ0n) is 17.0. The summed E-state index contributed by atoms with van der Waals surface area (Å²) in [6.07, 6.45) is 1.57. The van der Waals surface area contributed by atoms with Gasteiger partial charge in [0.1, 0.15) is 5.57 Å². The van der Waals surface area contributed by atoms with Crippen molar-refractivity contribution >= 4 is 29.6 Å². The number of amides is 4. The van der Waals surface area contributed by atoms with Crippen LogP contribution in [0.4, 0.5) is 10.5 Å². The Labute approximate surface area is 174 Å². The molecule has 0 radical (unpaired) electrons. The molecular formula is C24H21N3O3. The number of aromatic nitrogens is 1. The van der Waals surface area contributed by atoms with Crippen molar-refractivity contribution in [2.45, 2.75) is 13.8 Å². The predicted molar refractivity (Wildman–Crippen MR) is 115 cm³/mol. The largest absolute Gasteiger partial charge is 0.338 e. The standard InChI is InChI=1S/C24H21N3O3/c1-16-14-18(17(2)26(16)19-10-6-4-7-11-19)15-21-22(28)25(3)24(30)27(23(21)29)20-12-8-5-9-13-20/h4-15H,1-3H3/b21-15-. The first kappa shape index (κ1) is 19.4. The van der Waals surface area contributed by atoms with Crippen LogP contribution < -0.4 is 4.90 Å². The second kappa shape index (κ2) is 7.48. The molecule has 0 N–H and O–H groups in total. The third-order valence-corrected chi connectivity index (χ3v) is 5.25. The summed E-state index contributed by atoms with van der Waals surface area (Å²) < 4.78 is 2.06. The molecule has 1 aliphatic heterocycles. The van der Waals surface area contributed by atoms with E-state index in [9.17, 15) is 14.4 Å². The summed E-state index contributed by atoms with van der Waals surface area (Å²) in [4.78, 5) is 40.6. The number of anilines is 1. The molecule has 2 heterocycles. The van der Waals surface area contributed by atoms with E-state index in [1.165, 1.54) is 7.05 Å². The van der Waals surface area contributed by atoms with E-state index in [2.05, 4.69) is 4.57 Å². The molecule has 0 saturated carbocycles. The number of hydrogen-bond acceptors (Lipinski definition) is 3. The number of carbonyl (C=O) groups excluding carboxylic acids is 3. The Morgan fingerprint density at radius 1 is 0.767 bits per heavy atom. The molecular weight excluding hydrogens is 378 g/mol. The lowest BCUT2D eigenvalue weighted by molar-refractivity contribution is -0.128. The van der Waals surface area contributed by atoms with Gasteiger partial charge in [-0.15, -0.1) is 0 Å². The Balaban J connectivity index is 1.81. The number of rotatable bonds is 3. The van der Waals surface area contributed by atoms with Crippen LogP contribution in [0.25, 0.3) is 11.8 Å². The normalized spacial score (nSPS) is 16.0. The second-order valence-corrected chi connectivity index (χ2v) is 7.18. The maximum absolute atomic E-state index is 13.2. The quantitative estimate of drug-likeness (QED) is 0.492. The highest BCUT2D eigenvalue weighted by Crippen LogP contribution is 2.27. The molecule has 6 nitrogen and oxygen atoms in total. The van der Waals surface area contributed by atoms with Gasteiger partial charge in [-0.3, -0.25) is 14.5 Å². The number of likely N-dealkylation sites (N-methyl/N-ethyl adjacent to an activating group) is 1. The number of benzene rings is 2. The number of hydrogen-bond donors (Lipinski definition) is 0. The van der Waals surface area contributed by atoms with Crippen LogP contribution in [0.5, 0.6) is 0 Å². The van der Waals surface area contributed by atoms with Crippen LogP contribution in [-0.2, 0) is 9.59 Å². The first-order valence-corrected chi connectivity index (χ1v) is 9.57. The van der Waals surface area contributed by atoms with Gasteiger partial charge in [0.25, 0.3) is 11.8 Å². The van der Waals surface area contributed by atoms with Crippen LogP contribution in [0.1, 0.15) is 17.0 Å². The Bertz CT molecular complexity index is 1180. The van der Waals surface area contributed by atoms with Gasteiger partial charge >= 0.3 is 6.03 Å². The van der Waals surface area contributed by atoms with Crippen molar-refractivity contribution in [2.75, 3.05) is 11.9 Å². The zero-order valence-corrected chi connectivity index (χ0v) is 17.0. The third-order valence-electron chi connectivity index (χ3n) is 5.25. The van der Waals surface area contributed by atoms with Gasteiger partial charge in [-0.1, -0.05) is 36.4 Å². The lowest BCUT2D eigenvalue weighted by Crippen LogP contribution is -2.55. The van der Waals surface area contributed by atoms with Crippen LogP contribution in [0, 0.1) is 13.8 Å². The monoisotopic (exact) mass is 399 g/mol. The molecule has 150 valence electrons. The molecule has 0 atom stereocenters. The van der Waals surface area contributed by atoms with Crippen molar-refractivity contribution in [1.29, 1.82) is 0 Å². The number of carbonyl (C=O) groups is 3. The molecule has 1 aliphatic rings. The van der Waals surface area contributed by atoms with Crippen LogP contribution in [0.15, 0.2) is 72.3 Å². The molecule has 4 rings (SSSR count). The summed E-state index contributed by atoms with van der Waals surface area (Å²) in [5.74, 6) is -1.24. The minimum Gasteiger partial charge on any atom is -0.318 e. The SMILES string of the molecule is Cc1cc(/C=C2/C(=O)N(C)C(=O)N(c3ccccc3)C2=O)c(C)n1-c1ccccc1. The molecule has 30 heavy (non-hydrogen) atoms.